The van der Waals surface area contributed by atoms with E-state index < -0.39 is 0 Å². The van der Waals surface area contributed by atoms with Crippen molar-refractivity contribution in [2.75, 3.05) is 6.54 Å². The van der Waals surface area contributed by atoms with Gasteiger partial charge in [-0.15, -0.1) is 0 Å². The highest BCUT2D eigenvalue weighted by atomic mass is 14.7. The first-order valence-electron chi connectivity index (χ1n) is 4.14. The number of aliphatic imine (C=N–C) groups is 1. The van der Waals surface area contributed by atoms with E-state index in [0.717, 1.165) is 12.5 Å². The van der Waals surface area contributed by atoms with Crippen LogP contribution in [-0.4, -0.2) is 12.8 Å². The average molecular weight is 135 g/mol. The first-order valence-corrected chi connectivity index (χ1v) is 4.14. The second kappa shape index (κ2) is 2.57. The lowest BCUT2D eigenvalue weighted by molar-refractivity contribution is 0.513. The highest BCUT2D eigenvalue weighted by Crippen LogP contribution is 2.28. The second-order valence-electron chi connectivity index (χ2n) is 3.17. The Labute approximate surface area is 61.9 Å². The Morgan fingerprint density at radius 2 is 2.50 bits per heavy atom. The standard InChI is InChI=1S/C9H13N/c1-2-4-9-7-10-6-5-8(9)3-1/h4,6,8H,1-3,5,7H2. The van der Waals surface area contributed by atoms with Gasteiger partial charge in [0.2, 0.25) is 0 Å². The SMILES string of the molecule is C1=NCC2=CCCCC2C1. The number of rotatable bonds is 0. The summed E-state index contributed by atoms with van der Waals surface area (Å²) < 4.78 is 0. The number of hydrogen-bond acceptors (Lipinski definition) is 1. The molecule has 0 fully saturated rings. The first kappa shape index (κ1) is 6.14. The summed E-state index contributed by atoms with van der Waals surface area (Å²) in [4.78, 5) is 4.27. The van der Waals surface area contributed by atoms with Crippen molar-refractivity contribution in [1.82, 2.24) is 0 Å². The molecule has 0 spiro atoms. The molecule has 2 aliphatic rings. The third kappa shape index (κ3) is 1.00. The molecule has 0 aromatic carbocycles. The van der Waals surface area contributed by atoms with Crippen molar-refractivity contribution >= 4 is 6.21 Å². The molecule has 0 amide bonds. The summed E-state index contributed by atoms with van der Waals surface area (Å²) in [5.74, 6) is 0.867. The quantitative estimate of drug-likeness (QED) is 0.451. The summed E-state index contributed by atoms with van der Waals surface area (Å²) >= 11 is 0. The summed E-state index contributed by atoms with van der Waals surface area (Å²) in [6, 6.07) is 0. The predicted molar refractivity (Wildman–Crippen MR) is 43.4 cm³/mol. The molecule has 0 saturated carbocycles. The molecule has 0 saturated heterocycles. The molecule has 0 N–H and O–H groups in total. The first-order chi connectivity index (χ1) is 4.97. The van der Waals surface area contributed by atoms with Crippen LogP contribution < -0.4 is 0 Å². The maximum Gasteiger partial charge on any atom is 0.0598 e. The summed E-state index contributed by atoms with van der Waals surface area (Å²) in [5.41, 5.74) is 1.61. The fraction of sp³-hybridized carbons (Fsp3) is 0.667. The van der Waals surface area contributed by atoms with Crippen molar-refractivity contribution in [1.29, 1.82) is 0 Å². The van der Waals surface area contributed by atoms with Gasteiger partial charge >= 0.3 is 0 Å². The van der Waals surface area contributed by atoms with E-state index in [-0.39, 0.29) is 0 Å². The van der Waals surface area contributed by atoms with Gasteiger partial charge in [0.25, 0.3) is 0 Å². The molecule has 1 nitrogen and oxygen atoms in total. The van der Waals surface area contributed by atoms with Gasteiger partial charge < -0.3 is 0 Å². The van der Waals surface area contributed by atoms with Crippen molar-refractivity contribution in [2.24, 2.45) is 10.9 Å². The zero-order chi connectivity index (χ0) is 6.81. The summed E-state index contributed by atoms with van der Waals surface area (Å²) in [5, 5.41) is 0. The molecule has 2 rings (SSSR count). The van der Waals surface area contributed by atoms with Crippen LogP contribution in [0.5, 0.6) is 0 Å². The maximum atomic E-state index is 4.27. The van der Waals surface area contributed by atoms with Crippen LogP contribution in [0.2, 0.25) is 0 Å². The predicted octanol–water partition coefficient (Wildman–Crippen LogP) is 2.19. The Balaban J connectivity index is 2.17. The number of allylic oxidation sites excluding steroid dienone is 1. The second-order valence-corrected chi connectivity index (χ2v) is 3.17. The lowest BCUT2D eigenvalue weighted by Crippen LogP contribution is -2.15. The minimum Gasteiger partial charge on any atom is -0.293 e. The van der Waals surface area contributed by atoms with Crippen LogP contribution in [-0.2, 0) is 0 Å². The van der Waals surface area contributed by atoms with E-state index in [2.05, 4.69) is 17.3 Å². The number of hydrogen-bond donors (Lipinski definition) is 0. The molecule has 0 bridgehead atoms. The van der Waals surface area contributed by atoms with Gasteiger partial charge in [-0.2, -0.15) is 0 Å². The van der Waals surface area contributed by atoms with Crippen LogP contribution in [0.4, 0.5) is 0 Å². The van der Waals surface area contributed by atoms with Crippen molar-refractivity contribution in [3.05, 3.63) is 11.6 Å². The van der Waals surface area contributed by atoms with Crippen LogP contribution in [0.1, 0.15) is 25.7 Å². The van der Waals surface area contributed by atoms with Crippen LogP contribution >= 0.6 is 0 Å². The van der Waals surface area contributed by atoms with E-state index in [4.69, 9.17) is 0 Å². The molecule has 1 unspecified atom stereocenters. The number of nitrogens with zero attached hydrogens (tertiary/aromatic N) is 1. The smallest absolute Gasteiger partial charge is 0.0598 e. The van der Waals surface area contributed by atoms with Gasteiger partial charge in [-0.05, 0) is 43.4 Å². The average Bonchev–Trinajstić information content (AvgIpc) is 2.05. The molecular weight excluding hydrogens is 122 g/mol. The Kier molecular flexibility index (Phi) is 1.58. The highest BCUT2D eigenvalue weighted by molar-refractivity contribution is 5.60. The highest BCUT2D eigenvalue weighted by Gasteiger charge is 2.18. The Hall–Kier alpha value is -0.590. The molecule has 1 atom stereocenters. The van der Waals surface area contributed by atoms with Crippen molar-refractivity contribution in [2.45, 2.75) is 25.7 Å². The van der Waals surface area contributed by atoms with Crippen molar-refractivity contribution < 1.29 is 0 Å². The fourth-order valence-corrected chi connectivity index (χ4v) is 1.84. The lowest BCUT2D eigenvalue weighted by atomic mass is 9.84. The third-order valence-corrected chi connectivity index (χ3v) is 2.48. The zero-order valence-electron chi connectivity index (χ0n) is 6.21. The minimum atomic E-state index is 0.867. The van der Waals surface area contributed by atoms with E-state index in [0.29, 0.717) is 0 Å². The molecule has 1 heterocycles. The Bertz CT molecular complexity index is 179. The molecule has 1 aliphatic carbocycles. The van der Waals surface area contributed by atoms with Crippen LogP contribution in [0.15, 0.2) is 16.6 Å². The van der Waals surface area contributed by atoms with Gasteiger partial charge in [-0.1, -0.05) is 6.08 Å². The van der Waals surface area contributed by atoms with Gasteiger partial charge in [0.05, 0.1) is 6.54 Å². The lowest BCUT2D eigenvalue weighted by Gasteiger charge is -2.24. The Morgan fingerprint density at radius 3 is 3.40 bits per heavy atom. The van der Waals surface area contributed by atoms with Gasteiger partial charge in [-0.3, -0.25) is 4.99 Å². The van der Waals surface area contributed by atoms with E-state index in [1.54, 1.807) is 5.57 Å². The fourth-order valence-electron chi connectivity index (χ4n) is 1.84. The maximum absolute atomic E-state index is 4.27. The largest absolute Gasteiger partial charge is 0.293 e. The molecule has 0 aromatic heterocycles. The summed E-state index contributed by atoms with van der Waals surface area (Å²) in [7, 11) is 0. The molecule has 1 aliphatic heterocycles. The monoisotopic (exact) mass is 135 g/mol. The van der Waals surface area contributed by atoms with E-state index in [9.17, 15) is 0 Å². The minimum absolute atomic E-state index is 0.867. The van der Waals surface area contributed by atoms with Crippen LogP contribution in [0.25, 0.3) is 0 Å². The molecule has 0 radical (unpaired) electrons. The van der Waals surface area contributed by atoms with Gasteiger partial charge in [0.15, 0.2) is 0 Å². The normalized spacial score (nSPS) is 31.2. The molecular formula is C9H13N. The Morgan fingerprint density at radius 1 is 1.50 bits per heavy atom. The summed E-state index contributed by atoms with van der Waals surface area (Å²) in [6.07, 6.45) is 9.77. The molecule has 0 aromatic rings. The van der Waals surface area contributed by atoms with Gasteiger partial charge in [0, 0.05) is 0 Å². The van der Waals surface area contributed by atoms with Crippen molar-refractivity contribution in [3.63, 3.8) is 0 Å². The van der Waals surface area contributed by atoms with Crippen LogP contribution in [0.3, 0.4) is 0 Å². The van der Waals surface area contributed by atoms with Gasteiger partial charge in [0.1, 0.15) is 0 Å². The molecule has 54 valence electrons. The van der Waals surface area contributed by atoms with E-state index in [1.807, 2.05) is 0 Å². The van der Waals surface area contributed by atoms with Crippen molar-refractivity contribution in [3.8, 4) is 0 Å². The van der Waals surface area contributed by atoms with E-state index >= 15 is 0 Å². The topological polar surface area (TPSA) is 12.4 Å². The summed E-state index contributed by atoms with van der Waals surface area (Å²) in [6.45, 7) is 0.991. The van der Waals surface area contributed by atoms with E-state index in [1.165, 1.54) is 25.7 Å². The third-order valence-electron chi connectivity index (χ3n) is 2.48. The zero-order valence-corrected chi connectivity index (χ0v) is 6.21. The van der Waals surface area contributed by atoms with Gasteiger partial charge in [-0.25, -0.2) is 0 Å². The van der Waals surface area contributed by atoms with Crippen LogP contribution in [0, 0.1) is 5.92 Å². The number of fused-ring (bicyclic) bond motifs is 1. The molecule has 1 heteroatoms. The molecule has 10 heavy (non-hydrogen) atoms.